The lowest BCUT2D eigenvalue weighted by Crippen LogP contribution is -2.28. The molecule has 1 N–H and O–H groups in total. The summed E-state index contributed by atoms with van der Waals surface area (Å²) in [4.78, 5) is 25.8. The van der Waals surface area contributed by atoms with Crippen LogP contribution in [0, 0.1) is 0 Å². The van der Waals surface area contributed by atoms with Crippen LogP contribution in [0.25, 0.3) is 33.3 Å². The lowest BCUT2D eigenvalue weighted by molar-refractivity contribution is 0.0938. The van der Waals surface area contributed by atoms with Crippen molar-refractivity contribution in [3.05, 3.63) is 114 Å². The molecule has 6 rings (SSSR count). The average Bonchev–Trinajstić information content (AvgIpc) is 3.18. The summed E-state index contributed by atoms with van der Waals surface area (Å²) in [7, 11) is 0. The van der Waals surface area contributed by atoms with Crippen LogP contribution in [0.15, 0.2) is 97.5 Å². The summed E-state index contributed by atoms with van der Waals surface area (Å²) >= 11 is 0. The first-order valence-electron chi connectivity index (χ1n) is 10.4. The molecular formula is C27H18N4O. The van der Waals surface area contributed by atoms with Crippen molar-refractivity contribution >= 4 is 16.8 Å². The van der Waals surface area contributed by atoms with E-state index < -0.39 is 0 Å². The van der Waals surface area contributed by atoms with E-state index in [-0.39, 0.29) is 11.9 Å². The molecule has 3 aromatic carbocycles. The minimum atomic E-state index is -0.260. The smallest absolute Gasteiger partial charge is 0.270 e. The minimum Gasteiger partial charge on any atom is -0.340 e. The fourth-order valence-electron chi connectivity index (χ4n) is 4.47. The van der Waals surface area contributed by atoms with Gasteiger partial charge in [0.15, 0.2) is 0 Å². The maximum atomic E-state index is 12.9. The van der Waals surface area contributed by atoms with E-state index in [0.717, 1.165) is 44.4 Å². The predicted molar refractivity (Wildman–Crippen MR) is 124 cm³/mol. The van der Waals surface area contributed by atoms with E-state index in [4.69, 9.17) is 4.98 Å². The summed E-state index contributed by atoms with van der Waals surface area (Å²) in [5.74, 6) is -0.228. The number of carbonyl (C=O) groups excluding carboxylic acids is 1. The molecule has 1 atom stereocenters. The number of nitrogens with one attached hydrogen (secondary N) is 1. The van der Waals surface area contributed by atoms with Gasteiger partial charge in [-0.15, -0.1) is 0 Å². The number of rotatable bonds is 3. The lowest BCUT2D eigenvalue weighted by Gasteiger charge is -2.16. The van der Waals surface area contributed by atoms with Crippen molar-refractivity contribution in [3.63, 3.8) is 0 Å². The second-order valence-electron chi connectivity index (χ2n) is 7.75. The number of para-hydroxylation sites is 1. The van der Waals surface area contributed by atoms with Crippen LogP contribution in [0.5, 0.6) is 0 Å². The molecule has 1 unspecified atom stereocenters. The number of pyridine rings is 1. The summed E-state index contributed by atoms with van der Waals surface area (Å²) in [5.41, 5.74) is 7.62. The van der Waals surface area contributed by atoms with Gasteiger partial charge in [-0.25, -0.2) is 15.0 Å². The molecule has 0 aliphatic heterocycles. The quantitative estimate of drug-likeness (QED) is 0.441. The summed E-state index contributed by atoms with van der Waals surface area (Å²) in [6.45, 7) is 0. The van der Waals surface area contributed by atoms with Gasteiger partial charge < -0.3 is 5.32 Å². The number of benzene rings is 3. The Labute approximate surface area is 184 Å². The Morgan fingerprint density at radius 1 is 0.781 bits per heavy atom. The number of carbonyl (C=O) groups is 1. The molecule has 0 radical (unpaired) electrons. The number of nitrogens with zero attached hydrogens (tertiary/aromatic N) is 3. The lowest BCUT2D eigenvalue weighted by atomic mass is 9.96. The number of hydrogen-bond acceptors (Lipinski definition) is 4. The fourth-order valence-corrected chi connectivity index (χ4v) is 4.47. The molecule has 5 aromatic rings. The average molecular weight is 414 g/mol. The zero-order chi connectivity index (χ0) is 21.5. The Hall–Kier alpha value is -4.38. The van der Waals surface area contributed by atoms with Gasteiger partial charge >= 0.3 is 0 Å². The summed E-state index contributed by atoms with van der Waals surface area (Å²) in [5, 5.41) is 4.28. The van der Waals surface area contributed by atoms with E-state index >= 15 is 0 Å². The van der Waals surface area contributed by atoms with Crippen molar-refractivity contribution in [1.29, 1.82) is 0 Å². The predicted octanol–water partition coefficient (Wildman–Crippen LogP) is 5.19. The Morgan fingerprint density at radius 3 is 2.50 bits per heavy atom. The monoisotopic (exact) mass is 414 g/mol. The molecule has 1 aliphatic carbocycles. The van der Waals surface area contributed by atoms with Gasteiger partial charge in [-0.05, 0) is 40.5 Å². The van der Waals surface area contributed by atoms with Crippen LogP contribution in [0.1, 0.15) is 27.7 Å². The van der Waals surface area contributed by atoms with Gasteiger partial charge in [0.2, 0.25) is 0 Å². The first kappa shape index (κ1) is 18.4. The van der Waals surface area contributed by atoms with Crippen molar-refractivity contribution in [3.8, 4) is 22.4 Å². The molecular weight excluding hydrogens is 396 g/mol. The highest BCUT2D eigenvalue weighted by Gasteiger charge is 2.32. The Morgan fingerprint density at radius 2 is 1.59 bits per heavy atom. The van der Waals surface area contributed by atoms with Gasteiger partial charge in [0, 0.05) is 17.1 Å². The van der Waals surface area contributed by atoms with Crippen molar-refractivity contribution in [2.45, 2.75) is 6.04 Å². The van der Waals surface area contributed by atoms with Crippen LogP contribution in [0.4, 0.5) is 0 Å². The highest BCUT2D eigenvalue weighted by atomic mass is 16.1. The largest absolute Gasteiger partial charge is 0.340 e. The first-order valence-corrected chi connectivity index (χ1v) is 10.4. The zero-order valence-electron chi connectivity index (χ0n) is 17.1. The molecule has 1 aliphatic rings. The van der Waals surface area contributed by atoms with Crippen molar-refractivity contribution < 1.29 is 4.79 Å². The van der Waals surface area contributed by atoms with E-state index in [0.29, 0.717) is 5.69 Å². The van der Waals surface area contributed by atoms with E-state index in [1.807, 2.05) is 36.4 Å². The van der Waals surface area contributed by atoms with Crippen molar-refractivity contribution in [1.82, 2.24) is 20.3 Å². The molecule has 5 heteroatoms. The zero-order valence-corrected chi connectivity index (χ0v) is 17.1. The minimum absolute atomic E-state index is 0.228. The number of fused-ring (bicyclic) bond motifs is 4. The highest BCUT2D eigenvalue weighted by Crippen LogP contribution is 2.47. The Bertz CT molecular complexity index is 1480. The molecule has 2 heterocycles. The maximum Gasteiger partial charge on any atom is 0.270 e. The molecule has 0 saturated carbocycles. The first-order chi connectivity index (χ1) is 15.8. The van der Waals surface area contributed by atoms with Gasteiger partial charge in [0.1, 0.15) is 12.0 Å². The maximum absolute atomic E-state index is 12.9. The van der Waals surface area contributed by atoms with Gasteiger partial charge in [0.25, 0.3) is 5.91 Å². The van der Waals surface area contributed by atoms with Gasteiger partial charge in [-0.1, -0.05) is 66.7 Å². The molecule has 2 aromatic heterocycles. The molecule has 0 fully saturated rings. The third kappa shape index (κ3) is 2.94. The molecule has 5 nitrogen and oxygen atoms in total. The van der Waals surface area contributed by atoms with Gasteiger partial charge in [0.05, 0.1) is 17.3 Å². The topological polar surface area (TPSA) is 67.8 Å². The van der Waals surface area contributed by atoms with Crippen LogP contribution in [-0.2, 0) is 0 Å². The number of amides is 1. The van der Waals surface area contributed by atoms with E-state index in [1.54, 1.807) is 12.3 Å². The van der Waals surface area contributed by atoms with Crippen molar-refractivity contribution in [2.75, 3.05) is 0 Å². The van der Waals surface area contributed by atoms with E-state index in [9.17, 15) is 4.79 Å². The standard InChI is InChI=1S/C27H18N4O/c32-27(24-14-15-28-16-29-24)31-26-19-8-3-2-7-18(19)25-20(9-5-10-21(25)26)23-13-12-17-6-1-4-11-22(17)30-23/h1-16,26H,(H,31,32). The molecule has 0 bridgehead atoms. The molecule has 0 spiro atoms. The molecule has 1 amide bonds. The summed E-state index contributed by atoms with van der Waals surface area (Å²) < 4.78 is 0. The van der Waals surface area contributed by atoms with Crippen LogP contribution in [0.3, 0.4) is 0 Å². The number of aromatic nitrogens is 3. The van der Waals surface area contributed by atoms with Gasteiger partial charge in [-0.2, -0.15) is 0 Å². The summed E-state index contributed by atoms with van der Waals surface area (Å²) in [6.07, 6.45) is 2.96. The van der Waals surface area contributed by atoms with Crippen LogP contribution >= 0.6 is 0 Å². The third-order valence-corrected chi connectivity index (χ3v) is 5.91. The second-order valence-corrected chi connectivity index (χ2v) is 7.75. The molecule has 32 heavy (non-hydrogen) atoms. The van der Waals surface area contributed by atoms with Crippen molar-refractivity contribution in [2.24, 2.45) is 0 Å². The second kappa shape index (κ2) is 7.39. The Balaban J connectivity index is 1.49. The SMILES string of the molecule is O=C(NC1c2ccccc2-c2c(-c3ccc4ccccc4n3)cccc21)c1ccncn1. The van der Waals surface area contributed by atoms with E-state index in [1.165, 1.54) is 6.33 Å². The normalized spacial score (nSPS) is 14.1. The Kier molecular flexibility index (Phi) is 4.25. The van der Waals surface area contributed by atoms with E-state index in [2.05, 4.69) is 57.7 Å². The number of hydrogen-bond donors (Lipinski definition) is 1. The van der Waals surface area contributed by atoms with Crippen LogP contribution in [0.2, 0.25) is 0 Å². The highest BCUT2D eigenvalue weighted by molar-refractivity contribution is 5.96. The molecule has 0 saturated heterocycles. The van der Waals surface area contributed by atoms with Crippen LogP contribution in [-0.4, -0.2) is 20.9 Å². The summed E-state index contributed by atoms with van der Waals surface area (Å²) in [6, 6.07) is 28.0. The van der Waals surface area contributed by atoms with Crippen LogP contribution < -0.4 is 5.32 Å². The molecule has 152 valence electrons. The third-order valence-electron chi connectivity index (χ3n) is 5.91. The van der Waals surface area contributed by atoms with Gasteiger partial charge in [-0.3, -0.25) is 4.79 Å². The fraction of sp³-hybridized carbons (Fsp3) is 0.0370.